The molecule has 2 rings (SSSR count). The number of rotatable bonds is 4. The van der Waals surface area contributed by atoms with Crippen LogP contribution in [0.15, 0.2) is 0 Å². The molecule has 2 atom stereocenters. The maximum Gasteiger partial charge on any atom is 0.401 e. The molecule has 2 nitrogen and oxygen atoms in total. The van der Waals surface area contributed by atoms with Crippen LogP contribution in [0.4, 0.5) is 13.2 Å². The summed E-state index contributed by atoms with van der Waals surface area (Å²) in [4.78, 5) is 1.54. The molecule has 0 radical (unpaired) electrons. The largest absolute Gasteiger partial charge is 0.401 e. The Bertz CT molecular complexity index is 285. The van der Waals surface area contributed by atoms with Gasteiger partial charge in [-0.3, -0.25) is 4.90 Å². The number of hydrogen-bond acceptors (Lipinski definition) is 2. The lowest BCUT2D eigenvalue weighted by Crippen LogP contribution is -2.49. The molecule has 1 saturated carbocycles. The van der Waals surface area contributed by atoms with Crippen LogP contribution in [0, 0.1) is 5.92 Å². The number of hydrogen-bond donors (Lipinski definition) is 1. The SMILES string of the molecule is CCC1CCCC(NC2CCN(CC(F)(F)F)CC2)C1. The van der Waals surface area contributed by atoms with Crippen LogP contribution in [0.25, 0.3) is 0 Å². The van der Waals surface area contributed by atoms with Crippen molar-refractivity contribution in [2.45, 2.75) is 70.1 Å². The van der Waals surface area contributed by atoms with Gasteiger partial charge in [-0.15, -0.1) is 0 Å². The predicted molar refractivity (Wildman–Crippen MR) is 74.7 cm³/mol. The Hall–Kier alpha value is -0.290. The maximum absolute atomic E-state index is 12.3. The molecule has 1 N–H and O–H groups in total. The molecule has 1 saturated heterocycles. The third-order valence-corrected chi connectivity index (χ3v) is 4.82. The van der Waals surface area contributed by atoms with Gasteiger partial charge < -0.3 is 5.32 Å². The molecule has 0 aromatic heterocycles. The van der Waals surface area contributed by atoms with Gasteiger partial charge in [0.25, 0.3) is 0 Å². The van der Waals surface area contributed by atoms with Gasteiger partial charge in [-0.05, 0) is 44.7 Å². The van der Waals surface area contributed by atoms with E-state index in [4.69, 9.17) is 0 Å². The summed E-state index contributed by atoms with van der Waals surface area (Å²) >= 11 is 0. The van der Waals surface area contributed by atoms with Crippen LogP contribution >= 0.6 is 0 Å². The smallest absolute Gasteiger partial charge is 0.311 e. The second-order valence-electron chi connectivity index (χ2n) is 6.47. The van der Waals surface area contributed by atoms with Crippen LogP contribution in [0.5, 0.6) is 0 Å². The molecule has 0 aromatic carbocycles. The maximum atomic E-state index is 12.3. The minimum atomic E-state index is -4.06. The zero-order valence-corrected chi connectivity index (χ0v) is 12.4. The van der Waals surface area contributed by atoms with Crippen LogP contribution in [-0.4, -0.2) is 42.8 Å². The van der Waals surface area contributed by atoms with Gasteiger partial charge in [0.05, 0.1) is 6.54 Å². The van der Waals surface area contributed by atoms with Gasteiger partial charge in [0.2, 0.25) is 0 Å². The van der Waals surface area contributed by atoms with Gasteiger partial charge in [-0.1, -0.05) is 26.2 Å². The number of alkyl halides is 3. The first-order valence-electron chi connectivity index (χ1n) is 8.01. The Morgan fingerprint density at radius 1 is 1.05 bits per heavy atom. The van der Waals surface area contributed by atoms with Crippen LogP contribution < -0.4 is 5.32 Å². The Morgan fingerprint density at radius 3 is 2.35 bits per heavy atom. The number of halogens is 3. The number of nitrogens with one attached hydrogen (secondary N) is 1. The van der Waals surface area contributed by atoms with Gasteiger partial charge in [0.15, 0.2) is 0 Å². The Labute approximate surface area is 120 Å². The van der Waals surface area contributed by atoms with Crippen molar-refractivity contribution in [3.63, 3.8) is 0 Å². The third kappa shape index (κ3) is 5.24. The molecule has 118 valence electrons. The molecule has 0 amide bonds. The molecule has 0 bridgehead atoms. The lowest BCUT2D eigenvalue weighted by atomic mass is 9.83. The molecule has 1 aliphatic carbocycles. The summed E-state index contributed by atoms with van der Waals surface area (Å²) < 4.78 is 37.0. The minimum absolute atomic E-state index is 0.417. The van der Waals surface area contributed by atoms with Crippen molar-refractivity contribution < 1.29 is 13.2 Å². The molecule has 2 aliphatic rings. The Morgan fingerprint density at radius 2 is 1.75 bits per heavy atom. The molecular formula is C15H27F3N2. The van der Waals surface area contributed by atoms with Crippen molar-refractivity contribution in [3.05, 3.63) is 0 Å². The van der Waals surface area contributed by atoms with E-state index >= 15 is 0 Å². The van der Waals surface area contributed by atoms with E-state index in [1.807, 2.05) is 0 Å². The van der Waals surface area contributed by atoms with Gasteiger partial charge in [0, 0.05) is 12.1 Å². The monoisotopic (exact) mass is 292 g/mol. The zero-order chi connectivity index (χ0) is 14.6. The molecule has 2 unspecified atom stereocenters. The summed E-state index contributed by atoms with van der Waals surface area (Å²) in [6, 6.07) is 1.01. The summed E-state index contributed by atoms with van der Waals surface area (Å²) in [7, 11) is 0. The van der Waals surface area contributed by atoms with E-state index in [1.165, 1.54) is 37.0 Å². The third-order valence-electron chi connectivity index (χ3n) is 4.82. The standard InChI is InChI=1S/C15H27F3N2/c1-2-12-4-3-5-14(10-12)19-13-6-8-20(9-7-13)11-15(16,17)18/h12-14,19H,2-11H2,1H3. The molecule has 1 aliphatic heterocycles. The molecule has 5 heteroatoms. The van der Waals surface area contributed by atoms with Crippen LogP contribution in [0.3, 0.4) is 0 Å². The summed E-state index contributed by atoms with van der Waals surface area (Å²) in [5, 5.41) is 3.70. The number of piperidine rings is 1. The zero-order valence-electron chi connectivity index (χ0n) is 12.4. The Kier molecular flexibility index (Phi) is 5.73. The lowest BCUT2D eigenvalue weighted by molar-refractivity contribution is -0.148. The molecule has 1 heterocycles. The van der Waals surface area contributed by atoms with E-state index < -0.39 is 12.7 Å². The normalized spacial score (nSPS) is 30.6. The first-order chi connectivity index (χ1) is 9.46. The number of nitrogens with zero attached hydrogens (tertiary/aromatic N) is 1. The minimum Gasteiger partial charge on any atom is -0.311 e. The molecule has 20 heavy (non-hydrogen) atoms. The van der Waals surface area contributed by atoms with E-state index in [0.29, 0.717) is 25.2 Å². The second kappa shape index (κ2) is 7.12. The van der Waals surface area contributed by atoms with Crippen molar-refractivity contribution >= 4 is 0 Å². The van der Waals surface area contributed by atoms with Crippen molar-refractivity contribution in [1.82, 2.24) is 10.2 Å². The van der Waals surface area contributed by atoms with Gasteiger partial charge >= 0.3 is 6.18 Å². The lowest BCUT2D eigenvalue weighted by Gasteiger charge is -2.37. The molecule has 2 fully saturated rings. The van der Waals surface area contributed by atoms with Crippen LogP contribution in [0.2, 0.25) is 0 Å². The van der Waals surface area contributed by atoms with Gasteiger partial charge in [0.1, 0.15) is 0 Å². The van der Waals surface area contributed by atoms with Crippen molar-refractivity contribution in [3.8, 4) is 0 Å². The van der Waals surface area contributed by atoms with E-state index in [0.717, 1.165) is 18.8 Å². The summed E-state index contributed by atoms with van der Waals surface area (Å²) in [6.45, 7) is 2.64. The average Bonchev–Trinajstić information content (AvgIpc) is 2.40. The topological polar surface area (TPSA) is 15.3 Å². The molecular weight excluding hydrogens is 265 g/mol. The fourth-order valence-corrected chi connectivity index (χ4v) is 3.66. The molecule has 0 spiro atoms. The summed E-state index contributed by atoms with van der Waals surface area (Å²) in [6.07, 6.45) is 4.02. The average molecular weight is 292 g/mol. The van der Waals surface area contributed by atoms with Crippen LogP contribution in [-0.2, 0) is 0 Å². The quantitative estimate of drug-likeness (QED) is 0.852. The second-order valence-corrected chi connectivity index (χ2v) is 6.47. The van der Waals surface area contributed by atoms with Gasteiger partial charge in [-0.2, -0.15) is 13.2 Å². The van der Waals surface area contributed by atoms with Crippen molar-refractivity contribution in [2.24, 2.45) is 5.92 Å². The molecule has 0 aromatic rings. The highest BCUT2D eigenvalue weighted by atomic mass is 19.4. The fourth-order valence-electron chi connectivity index (χ4n) is 3.66. The highest BCUT2D eigenvalue weighted by molar-refractivity contribution is 4.84. The summed E-state index contributed by atoms with van der Waals surface area (Å²) in [5.41, 5.74) is 0. The number of likely N-dealkylation sites (tertiary alicyclic amines) is 1. The van der Waals surface area contributed by atoms with Crippen molar-refractivity contribution in [1.29, 1.82) is 0 Å². The van der Waals surface area contributed by atoms with E-state index in [-0.39, 0.29) is 0 Å². The first kappa shape index (κ1) is 16.1. The van der Waals surface area contributed by atoms with Crippen molar-refractivity contribution in [2.75, 3.05) is 19.6 Å². The van der Waals surface area contributed by atoms with Gasteiger partial charge in [-0.25, -0.2) is 0 Å². The van der Waals surface area contributed by atoms with E-state index in [2.05, 4.69) is 12.2 Å². The Balaban J connectivity index is 1.69. The first-order valence-corrected chi connectivity index (χ1v) is 8.01. The fraction of sp³-hybridized carbons (Fsp3) is 1.00. The van der Waals surface area contributed by atoms with Crippen LogP contribution in [0.1, 0.15) is 51.9 Å². The summed E-state index contributed by atoms with van der Waals surface area (Å²) in [5.74, 6) is 0.839. The van der Waals surface area contributed by atoms with E-state index in [1.54, 1.807) is 0 Å². The van der Waals surface area contributed by atoms with E-state index in [9.17, 15) is 13.2 Å². The highest BCUT2D eigenvalue weighted by Crippen LogP contribution is 2.28. The predicted octanol–water partition coefficient (Wildman–Crippen LogP) is 3.57. The highest BCUT2D eigenvalue weighted by Gasteiger charge is 2.33.